The number of hydrogen-bond acceptors (Lipinski definition) is 5. The number of furan rings is 1. The zero-order valence-corrected chi connectivity index (χ0v) is 20.0. The first-order chi connectivity index (χ1) is 16.0. The lowest BCUT2D eigenvalue weighted by Gasteiger charge is -2.36. The maximum Gasteiger partial charge on any atom is 0.289 e. The lowest BCUT2D eigenvalue weighted by Crippen LogP contribution is -2.44. The smallest absolute Gasteiger partial charge is 0.289 e. The van der Waals surface area contributed by atoms with Crippen molar-refractivity contribution in [1.82, 2.24) is 14.7 Å². The van der Waals surface area contributed by atoms with Crippen molar-refractivity contribution in [2.24, 2.45) is 5.92 Å². The molecule has 3 aromatic rings. The summed E-state index contributed by atoms with van der Waals surface area (Å²) in [6.45, 7) is 5.17. The topological polar surface area (TPSA) is 49.2 Å². The average Bonchev–Trinajstić information content (AvgIpc) is 3.26. The third-order valence-electron chi connectivity index (χ3n) is 6.41. The number of likely N-dealkylation sites (tertiary alicyclic amines) is 1. The number of ether oxygens (including phenoxy) is 1. The molecule has 0 aliphatic carbocycles. The highest BCUT2D eigenvalue weighted by molar-refractivity contribution is 5.96. The fraction of sp³-hybridized carbons (Fsp3) is 0.444. The van der Waals surface area contributed by atoms with Crippen LogP contribution < -0.4 is 4.74 Å². The van der Waals surface area contributed by atoms with Gasteiger partial charge in [0, 0.05) is 43.7 Å². The van der Waals surface area contributed by atoms with Gasteiger partial charge >= 0.3 is 0 Å². The largest absolute Gasteiger partial charge is 0.496 e. The lowest BCUT2D eigenvalue weighted by molar-refractivity contribution is 0.0632. The van der Waals surface area contributed by atoms with E-state index in [1.165, 1.54) is 5.56 Å². The summed E-state index contributed by atoms with van der Waals surface area (Å²) >= 11 is 0. The third kappa shape index (κ3) is 5.95. The van der Waals surface area contributed by atoms with Gasteiger partial charge in [0.25, 0.3) is 5.91 Å². The van der Waals surface area contributed by atoms with Gasteiger partial charge in [-0.15, -0.1) is 0 Å². The molecule has 0 N–H and O–H groups in total. The van der Waals surface area contributed by atoms with Gasteiger partial charge in [-0.25, -0.2) is 0 Å². The summed E-state index contributed by atoms with van der Waals surface area (Å²) in [5.41, 5.74) is 1.97. The highest BCUT2D eigenvalue weighted by Gasteiger charge is 2.27. The molecule has 0 unspecified atom stereocenters. The first-order valence-corrected chi connectivity index (χ1v) is 11.8. The molecule has 6 nitrogen and oxygen atoms in total. The number of piperidine rings is 1. The Labute approximate surface area is 196 Å². The monoisotopic (exact) mass is 449 g/mol. The first-order valence-electron chi connectivity index (χ1n) is 11.8. The highest BCUT2D eigenvalue weighted by Crippen LogP contribution is 2.25. The summed E-state index contributed by atoms with van der Waals surface area (Å²) in [5, 5.41) is 0.967. The van der Waals surface area contributed by atoms with Gasteiger partial charge in [0.05, 0.1) is 7.11 Å². The van der Waals surface area contributed by atoms with E-state index in [9.17, 15) is 4.79 Å². The van der Waals surface area contributed by atoms with Crippen LogP contribution in [0.4, 0.5) is 0 Å². The van der Waals surface area contributed by atoms with Gasteiger partial charge in [-0.1, -0.05) is 36.4 Å². The zero-order valence-electron chi connectivity index (χ0n) is 20.0. The Morgan fingerprint density at radius 2 is 1.91 bits per heavy atom. The van der Waals surface area contributed by atoms with Crippen LogP contribution in [0.1, 0.15) is 29.0 Å². The van der Waals surface area contributed by atoms with Crippen molar-refractivity contribution in [2.45, 2.75) is 19.4 Å². The number of carbonyl (C=O) groups is 1. The lowest BCUT2D eigenvalue weighted by atomic mass is 9.96. The van der Waals surface area contributed by atoms with E-state index in [2.05, 4.69) is 21.9 Å². The summed E-state index contributed by atoms with van der Waals surface area (Å²) < 4.78 is 11.4. The molecule has 4 rings (SSSR count). The third-order valence-corrected chi connectivity index (χ3v) is 6.41. The van der Waals surface area contributed by atoms with Gasteiger partial charge < -0.3 is 19.0 Å². The Hall–Kier alpha value is -2.83. The van der Waals surface area contributed by atoms with Crippen molar-refractivity contribution < 1.29 is 13.9 Å². The molecule has 0 spiro atoms. The summed E-state index contributed by atoms with van der Waals surface area (Å²) in [6, 6.07) is 17.9. The second-order valence-corrected chi connectivity index (χ2v) is 9.26. The molecule has 1 aliphatic heterocycles. The minimum absolute atomic E-state index is 0.0186. The molecule has 1 aromatic heterocycles. The van der Waals surface area contributed by atoms with Crippen molar-refractivity contribution in [3.05, 3.63) is 65.9 Å². The van der Waals surface area contributed by atoms with Crippen LogP contribution in [-0.2, 0) is 6.54 Å². The molecule has 1 fully saturated rings. The molecule has 6 heteroatoms. The number of likely N-dealkylation sites (N-methyl/N-ethyl adjacent to an activating group) is 1. The molecule has 1 amide bonds. The van der Waals surface area contributed by atoms with Gasteiger partial charge in [0.15, 0.2) is 5.76 Å². The number of rotatable bonds is 9. The predicted molar refractivity (Wildman–Crippen MR) is 132 cm³/mol. The number of methoxy groups -OCH3 is 1. The second-order valence-electron chi connectivity index (χ2n) is 9.26. The molecule has 0 saturated carbocycles. The van der Waals surface area contributed by atoms with Crippen LogP contribution in [-0.4, -0.2) is 74.5 Å². The maximum absolute atomic E-state index is 13.4. The molecular weight excluding hydrogens is 414 g/mol. The van der Waals surface area contributed by atoms with E-state index in [4.69, 9.17) is 9.15 Å². The fourth-order valence-corrected chi connectivity index (χ4v) is 4.67. The molecule has 0 bridgehead atoms. The standard InChI is InChI=1S/C27H35N3O3/c1-28(2)15-16-30(27(31)26-17-22-10-4-7-13-25(22)33-26)19-21-9-8-14-29(18-21)20-23-11-5-6-12-24(23)32-3/h4-7,10-13,17,21H,8-9,14-16,18-20H2,1-3H3/t21-/m0/s1. The molecule has 33 heavy (non-hydrogen) atoms. The van der Waals surface area contributed by atoms with Crippen molar-refractivity contribution in [3.8, 4) is 5.75 Å². The van der Waals surface area contributed by atoms with E-state index in [0.717, 1.165) is 62.3 Å². The molecule has 1 aliphatic rings. The summed E-state index contributed by atoms with van der Waals surface area (Å²) in [7, 11) is 5.81. The summed E-state index contributed by atoms with van der Waals surface area (Å²) in [6.07, 6.45) is 2.27. The van der Waals surface area contributed by atoms with Gasteiger partial charge in [-0.3, -0.25) is 9.69 Å². The number of carbonyl (C=O) groups excluding carboxylic acids is 1. The molecule has 176 valence electrons. The second kappa shape index (κ2) is 10.9. The highest BCUT2D eigenvalue weighted by atomic mass is 16.5. The normalized spacial score (nSPS) is 16.9. The minimum Gasteiger partial charge on any atom is -0.496 e. The van der Waals surface area contributed by atoms with Crippen LogP contribution in [0.15, 0.2) is 59.0 Å². The van der Waals surface area contributed by atoms with Crippen molar-refractivity contribution in [3.63, 3.8) is 0 Å². The predicted octanol–water partition coefficient (Wildman–Crippen LogP) is 4.36. The van der Waals surface area contributed by atoms with Crippen molar-refractivity contribution >= 4 is 16.9 Å². The van der Waals surface area contributed by atoms with E-state index in [-0.39, 0.29) is 5.91 Å². The molecule has 1 saturated heterocycles. The number of amides is 1. The Balaban J connectivity index is 1.45. The minimum atomic E-state index is -0.0186. The maximum atomic E-state index is 13.4. The van der Waals surface area contributed by atoms with Crippen LogP contribution in [0, 0.1) is 5.92 Å². The summed E-state index contributed by atoms with van der Waals surface area (Å²) in [5.74, 6) is 1.78. The van der Waals surface area contributed by atoms with Crippen LogP contribution in [0.2, 0.25) is 0 Å². The molecule has 1 atom stereocenters. The Morgan fingerprint density at radius 3 is 2.70 bits per heavy atom. The van der Waals surface area contributed by atoms with Crippen LogP contribution in [0.3, 0.4) is 0 Å². The SMILES string of the molecule is COc1ccccc1CN1CCC[C@H](CN(CCN(C)C)C(=O)c2cc3ccccc3o2)C1. The fourth-order valence-electron chi connectivity index (χ4n) is 4.67. The van der Waals surface area contributed by atoms with E-state index in [1.54, 1.807) is 7.11 Å². The van der Waals surface area contributed by atoms with Crippen molar-refractivity contribution in [2.75, 3.05) is 53.9 Å². The first kappa shape index (κ1) is 23.3. The number of fused-ring (bicyclic) bond motifs is 1. The van der Waals surface area contributed by atoms with E-state index >= 15 is 0 Å². The van der Waals surface area contributed by atoms with Crippen molar-refractivity contribution in [1.29, 1.82) is 0 Å². The van der Waals surface area contributed by atoms with Crippen LogP contribution in [0.5, 0.6) is 5.75 Å². The average molecular weight is 450 g/mol. The number of benzene rings is 2. The number of nitrogens with zero attached hydrogens (tertiary/aromatic N) is 3. The quantitative estimate of drug-likeness (QED) is 0.486. The van der Waals surface area contributed by atoms with Crippen LogP contribution in [0.25, 0.3) is 11.0 Å². The summed E-state index contributed by atoms with van der Waals surface area (Å²) in [4.78, 5) is 20.0. The van der Waals surface area contributed by atoms with Gasteiger partial charge in [0.2, 0.25) is 0 Å². The molecule has 2 heterocycles. The van der Waals surface area contributed by atoms with E-state index in [1.807, 2.05) is 61.5 Å². The number of para-hydroxylation sites is 2. The zero-order chi connectivity index (χ0) is 23.2. The Morgan fingerprint density at radius 1 is 1.12 bits per heavy atom. The van der Waals surface area contributed by atoms with E-state index in [0.29, 0.717) is 18.2 Å². The number of hydrogen-bond donors (Lipinski definition) is 0. The Bertz CT molecular complexity index is 1030. The van der Waals surface area contributed by atoms with Gasteiger partial charge in [-0.05, 0) is 57.6 Å². The van der Waals surface area contributed by atoms with Gasteiger partial charge in [-0.2, -0.15) is 0 Å². The Kier molecular flexibility index (Phi) is 7.68. The molecule has 0 radical (unpaired) electrons. The molecular formula is C27H35N3O3. The molecule has 2 aromatic carbocycles. The van der Waals surface area contributed by atoms with E-state index < -0.39 is 0 Å². The van der Waals surface area contributed by atoms with Crippen LogP contribution >= 0.6 is 0 Å². The van der Waals surface area contributed by atoms with Gasteiger partial charge in [0.1, 0.15) is 11.3 Å².